The fraction of sp³-hybridized carbons (Fsp3) is 0.444. The summed E-state index contributed by atoms with van der Waals surface area (Å²) in [6.45, 7) is 5.66. The van der Waals surface area contributed by atoms with Gasteiger partial charge in [0.15, 0.2) is 0 Å². The van der Waals surface area contributed by atoms with Crippen LogP contribution < -0.4 is 5.32 Å². The summed E-state index contributed by atoms with van der Waals surface area (Å²) in [6.07, 6.45) is 5.82. The van der Waals surface area contributed by atoms with Crippen molar-refractivity contribution in [3.63, 3.8) is 0 Å². The number of hydrogen-bond acceptors (Lipinski definition) is 2. The lowest BCUT2D eigenvalue weighted by Gasteiger charge is -2.32. The minimum absolute atomic E-state index is 0.00458. The fourth-order valence-corrected chi connectivity index (χ4v) is 2.87. The highest BCUT2D eigenvalue weighted by molar-refractivity contribution is 5.82. The molecular formula is C18H24N2O2. The molecule has 0 aliphatic carbocycles. The highest BCUT2D eigenvalue weighted by atomic mass is 16.2. The Kier molecular flexibility index (Phi) is 5.36. The van der Waals surface area contributed by atoms with E-state index < -0.39 is 0 Å². The topological polar surface area (TPSA) is 49.4 Å². The summed E-state index contributed by atoms with van der Waals surface area (Å²) in [5.74, 6) is -0.0545. The molecule has 0 aromatic heterocycles. The molecule has 0 bridgehead atoms. The van der Waals surface area contributed by atoms with Crippen LogP contribution in [0.2, 0.25) is 0 Å². The van der Waals surface area contributed by atoms with Gasteiger partial charge in [0.05, 0.1) is 12.5 Å². The molecule has 118 valence electrons. The minimum Gasteiger partial charge on any atom is -0.353 e. The second-order valence-corrected chi connectivity index (χ2v) is 5.67. The van der Waals surface area contributed by atoms with E-state index in [0.29, 0.717) is 0 Å². The van der Waals surface area contributed by atoms with Crippen LogP contribution >= 0.6 is 0 Å². The Morgan fingerprint density at radius 3 is 2.55 bits per heavy atom. The maximum absolute atomic E-state index is 12.3. The van der Waals surface area contributed by atoms with Crippen LogP contribution in [-0.2, 0) is 9.59 Å². The van der Waals surface area contributed by atoms with Gasteiger partial charge in [-0.2, -0.15) is 0 Å². The third-order valence-corrected chi connectivity index (χ3v) is 4.20. The number of fused-ring (bicyclic) bond motifs is 1. The summed E-state index contributed by atoms with van der Waals surface area (Å²) in [6, 6.07) is 7.88. The van der Waals surface area contributed by atoms with Gasteiger partial charge in [-0.3, -0.25) is 9.59 Å². The zero-order chi connectivity index (χ0) is 16.1. The van der Waals surface area contributed by atoms with Gasteiger partial charge in [-0.25, -0.2) is 0 Å². The number of nitrogens with zero attached hydrogens (tertiary/aromatic N) is 1. The number of carbonyl (C=O) groups excluding carboxylic acids is 2. The molecule has 1 unspecified atom stereocenters. The van der Waals surface area contributed by atoms with Gasteiger partial charge in [-0.05, 0) is 30.0 Å². The molecule has 0 saturated heterocycles. The van der Waals surface area contributed by atoms with E-state index in [1.54, 1.807) is 11.1 Å². The van der Waals surface area contributed by atoms with Crippen molar-refractivity contribution in [3.05, 3.63) is 41.6 Å². The molecule has 1 N–H and O–H groups in total. The lowest BCUT2D eigenvalue weighted by molar-refractivity contribution is -0.130. The van der Waals surface area contributed by atoms with Gasteiger partial charge in [0.1, 0.15) is 0 Å². The summed E-state index contributed by atoms with van der Waals surface area (Å²) < 4.78 is 0. The van der Waals surface area contributed by atoms with Crippen LogP contribution in [0.15, 0.2) is 30.5 Å². The van der Waals surface area contributed by atoms with Crippen molar-refractivity contribution in [2.24, 2.45) is 0 Å². The Hall–Kier alpha value is -2.10. The molecule has 2 rings (SSSR count). The Bertz CT molecular complexity index is 576. The molecule has 1 atom stereocenters. The predicted octanol–water partition coefficient (Wildman–Crippen LogP) is 3.26. The smallest absolute Gasteiger partial charge is 0.223 e. The van der Waals surface area contributed by atoms with Gasteiger partial charge in [0.2, 0.25) is 11.8 Å². The fourth-order valence-electron chi connectivity index (χ4n) is 2.87. The second-order valence-electron chi connectivity index (χ2n) is 5.67. The molecule has 1 aromatic carbocycles. The molecule has 1 heterocycles. The third-order valence-electron chi connectivity index (χ3n) is 4.20. The lowest BCUT2D eigenvalue weighted by atomic mass is 9.93. The molecular weight excluding hydrogens is 276 g/mol. The van der Waals surface area contributed by atoms with Crippen LogP contribution in [0.1, 0.15) is 57.2 Å². The Morgan fingerprint density at radius 2 is 1.91 bits per heavy atom. The average molecular weight is 300 g/mol. The van der Waals surface area contributed by atoms with Gasteiger partial charge in [-0.15, -0.1) is 0 Å². The maximum atomic E-state index is 12.3. The van der Waals surface area contributed by atoms with Crippen molar-refractivity contribution in [2.75, 3.05) is 0 Å². The van der Waals surface area contributed by atoms with Crippen molar-refractivity contribution in [1.82, 2.24) is 10.2 Å². The summed E-state index contributed by atoms with van der Waals surface area (Å²) in [4.78, 5) is 25.9. The zero-order valence-corrected chi connectivity index (χ0v) is 13.5. The van der Waals surface area contributed by atoms with E-state index in [4.69, 9.17) is 0 Å². The van der Waals surface area contributed by atoms with Gasteiger partial charge in [0.25, 0.3) is 0 Å². The summed E-state index contributed by atoms with van der Waals surface area (Å²) >= 11 is 0. The molecule has 0 fully saturated rings. The predicted molar refractivity (Wildman–Crippen MR) is 87.9 cm³/mol. The van der Waals surface area contributed by atoms with Crippen molar-refractivity contribution >= 4 is 17.9 Å². The third kappa shape index (κ3) is 3.56. The number of rotatable bonds is 5. The van der Waals surface area contributed by atoms with E-state index in [1.165, 1.54) is 6.92 Å². The van der Waals surface area contributed by atoms with Gasteiger partial charge >= 0.3 is 0 Å². The molecule has 1 aliphatic heterocycles. The number of nitrogens with one attached hydrogen (secondary N) is 1. The van der Waals surface area contributed by atoms with Crippen molar-refractivity contribution in [2.45, 2.75) is 52.1 Å². The highest BCUT2D eigenvalue weighted by Gasteiger charge is 2.28. The first-order valence-corrected chi connectivity index (χ1v) is 7.92. The molecule has 0 spiro atoms. The van der Waals surface area contributed by atoms with Crippen LogP contribution in [-0.4, -0.2) is 22.8 Å². The first kappa shape index (κ1) is 16.3. The molecule has 2 amide bonds. The van der Waals surface area contributed by atoms with Gasteiger partial charge in [-0.1, -0.05) is 38.1 Å². The van der Waals surface area contributed by atoms with E-state index in [9.17, 15) is 9.59 Å². The first-order chi connectivity index (χ1) is 10.6. The molecule has 0 saturated carbocycles. The Labute approximate surface area is 132 Å². The lowest BCUT2D eigenvalue weighted by Crippen LogP contribution is -2.38. The van der Waals surface area contributed by atoms with Crippen LogP contribution in [0.4, 0.5) is 0 Å². The zero-order valence-electron chi connectivity index (χ0n) is 13.5. The van der Waals surface area contributed by atoms with Crippen molar-refractivity contribution in [1.29, 1.82) is 0 Å². The number of hydrogen-bond donors (Lipinski definition) is 1. The normalized spacial score (nSPS) is 16.5. The van der Waals surface area contributed by atoms with E-state index in [2.05, 4.69) is 19.2 Å². The van der Waals surface area contributed by atoms with Crippen LogP contribution in [0.5, 0.6) is 0 Å². The van der Waals surface area contributed by atoms with Crippen molar-refractivity contribution < 1.29 is 9.59 Å². The van der Waals surface area contributed by atoms with E-state index in [1.807, 2.05) is 30.3 Å². The number of benzene rings is 1. The standard InChI is InChI=1S/C18H24N2O2/c1-4-15(5-2)19-18(22)12-17-16-9-7-6-8-14(16)10-11-20(17)13(3)21/h6-11,15,17H,4-5,12H2,1-3H3,(H,19,22). The number of carbonyl (C=O) groups is 2. The van der Waals surface area contributed by atoms with Crippen LogP contribution in [0.3, 0.4) is 0 Å². The Balaban J connectivity index is 2.20. The molecule has 1 aliphatic rings. The van der Waals surface area contributed by atoms with Crippen LogP contribution in [0.25, 0.3) is 6.08 Å². The summed E-state index contributed by atoms with van der Waals surface area (Å²) in [5.41, 5.74) is 2.10. The van der Waals surface area contributed by atoms with Crippen molar-refractivity contribution in [3.8, 4) is 0 Å². The largest absolute Gasteiger partial charge is 0.353 e. The number of amides is 2. The first-order valence-electron chi connectivity index (χ1n) is 7.92. The summed E-state index contributed by atoms with van der Waals surface area (Å²) in [7, 11) is 0. The quantitative estimate of drug-likeness (QED) is 0.907. The minimum atomic E-state index is -0.229. The maximum Gasteiger partial charge on any atom is 0.223 e. The monoisotopic (exact) mass is 300 g/mol. The average Bonchev–Trinajstić information content (AvgIpc) is 2.52. The van der Waals surface area contributed by atoms with Gasteiger partial charge in [0, 0.05) is 19.2 Å². The van der Waals surface area contributed by atoms with E-state index in [0.717, 1.165) is 24.0 Å². The highest BCUT2D eigenvalue weighted by Crippen LogP contribution is 2.32. The summed E-state index contributed by atoms with van der Waals surface area (Å²) in [5, 5.41) is 3.05. The Morgan fingerprint density at radius 1 is 1.23 bits per heavy atom. The van der Waals surface area contributed by atoms with E-state index in [-0.39, 0.29) is 30.3 Å². The van der Waals surface area contributed by atoms with Crippen LogP contribution in [0, 0.1) is 0 Å². The molecule has 4 heteroatoms. The second kappa shape index (κ2) is 7.25. The van der Waals surface area contributed by atoms with E-state index >= 15 is 0 Å². The SMILES string of the molecule is CCC(CC)NC(=O)CC1c2ccccc2C=CN1C(C)=O. The van der Waals surface area contributed by atoms with Gasteiger partial charge < -0.3 is 10.2 Å². The molecule has 1 aromatic rings. The molecule has 22 heavy (non-hydrogen) atoms. The molecule has 0 radical (unpaired) electrons. The molecule has 4 nitrogen and oxygen atoms in total.